The molecular weight excluding hydrogens is 359 g/mol. The molecule has 27 heavy (non-hydrogen) atoms. The predicted octanol–water partition coefficient (Wildman–Crippen LogP) is 3.79. The van der Waals surface area contributed by atoms with Crippen LogP contribution >= 0.6 is 0 Å². The van der Waals surface area contributed by atoms with Crippen LogP contribution in [0.2, 0.25) is 0 Å². The van der Waals surface area contributed by atoms with Gasteiger partial charge in [-0.15, -0.1) is 0 Å². The van der Waals surface area contributed by atoms with Crippen molar-refractivity contribution in [3.8, 4) is 6.07 Å². The summed E-state index contributed by atoms with van der Waals surface area (Å²) in [6.07, 6.45) is 0.371. The molecule has 2 N–H and O–H groups in total. The van der Waals surface area contributed by atoms with Crippen molar-refractivity contribution in [3.05, 3.63) is 23.7 Å². The molecule has 2 heterocycles. The molecule has 0 aromatic carbocycles. The number of nitrogens with one attached hydrogen (secondary N) is 2. The maximum absolute atomic E-state index is 13.2. The van der Waals surface area contributed by atoms with Gasteiger partial charge in [-0.2, -0.15) is 28.5 Å². The Labute approximate surface area is 153 Å². The Bertz CT molecular complexity index is 926. The van der Waals surface area contributed by atoms with Gasteiger partial charge in [0.15, 0.2) is 0 Å². The number of aryl methyl sites for hydroxylation is 1. The highest BCUT2D eigenvalue weighted by Crippen LogP contribution is 2.55. The highest BCUT2D eigenvalue weighted by atomic mass is 19.4. The smallest absolute Gasteiger partial charge is 0.367 e. The van der Waals surface area contributed by atoms with Crippen molar-refractivity contribution in [2.24, 2.45) is 5.41 Å². The van der Waals surface area contributed by atoms with E-state index in [1.807, 2.05) is 6.92 Å². The molecule has 2 atom stereocenters. The Morgan fingerprint density at radius 2 is 2.11 bits per heavy atom. The molecule has 7 nitrogen and oxygen atoms in total. The SMILES string of the molecule is Cc1nn([C@@H]2C[C@]2(C)C#N)cc1Nc1ncc(C(F)(F)F)c(NC2CC2)n1. The van der Waals surface area contributed by atoms with E-state index in [1.54, 1.807) is 17.8 Å². The van der Waals surface area contributed by atoms with Gasteiger partial charge in [0.2, 0.25) is 5.95 Å². The number of nitrogens with zero attached hydrogens (tertiary/aromatic N) is 5. The molecule has 0 saturated heterocycles. The molecule has 10 heteroatoms. The Hall–Kier alpha value is -2.83. The van der Waals surface area contributed by atoms with Crippen molar-refractivity contribution in [2.75, 3.05) is 10.6 Å². The van der Waals surface area contributed by atoms with E-state index in [9.17, 15) is 18.4 Å². The minimum atomic E-state index is -4.52. The minimum Gasteiger partial charge on any atom is -0.367 e. The number of anilines is 3. The number of nitriles is 1. The number of hydrogen-bond acceptors (Lipinski definition) is 6. The monoisotopic (exact) mass is 377 g/mol. The third kappa shape index (κ3) is 3.41. The Balaban J connectivity index is 1.58. The molecule has 0 bridgehead atoms. The fraction of sp³-hybridized carbons (Fsp3) is 0.529. The molecule has 2 aromatic rings. The summed E-state index contributed by atoms with van der Waals surface area (Å²) in [6.45, 7) is 3.65. The molecule has 2 aliphatic rings. The maximum Gasteiger partial charge on any atom is 0.421 e. The van der Waals surface area contributed by atoms with E-state index in [4.69, 9.17) is 0 Å². The summed E-state index contributed by atoms with van der Waals surface area (Å²) in [5.74, 6) is -0.153. The molecular formula is C17H18F3N7. The molecule has 0 spiro atoms. The Morgan fingerprint density at radius 1 is 1.37 bits per heavy atom. The average molecular weight is 377 g/mol. The van der Waals surface area contributed by atoms with Crippen LogP contribution in [0, 0.1) is 23.7 Å². The molecule has 2 saturated carbocycles. The minimum absolute atomic E-state index is 0.00244. The first-order valence-corrected chi connectivity index (χ1v) is 8.64. The largest absolute Gasteiger partial charge is 0.421 e. The van der Waals surface area contributed by atoms with Gasteiger partial charge in [-0.1, -0.05) is 0 Å². The third-order valence-corrected chi connectivity index (χ3v) is 4.94. The fourth-order valence-corrected chi connectivity index (χ4v) is 2.91. The number of aromatic nitrogens is 4. The lowest BCUT2D eigenvalue weighted by Gasteiger charge is -2.14. The lowest BCUT2D eigenvalue weighted by molar-refractivity contribution is -0.137. The van der Waals surface area contributed by atoms with Crippen LogP contribution in [0.25, 0.3) is 0 Å². The first-order chi connectivity index (χ1) is 12.7. The Kier molecular flexibility index (Phi) is 3.80. The van der Waals surface area contributed by atoms with E-state index in [0.29, 0.717) is 11.4 Å². The van der Waals surface area contributed by atoms with Gasteiger partial charge in [0, 0.05) is 18.4 Å². The first-order valence-electron chi connectivity index (χ1n) is 8.64. The van der Waals surface area contributed by atoms with Crippen molar-refractivity contribution in [1.82, 2.24) is 19.7 Å². The maximum atomic E-state index is 13.2. The van der Waals surface area contributed by atoms with E-state index in [0.717, 1.165) is 25.5 Å². The topological polar surface area (TPSA) is 91.5 Å². The highest BCUT2D eigenvalue weighted by Gasteiger charge is 2.53. The number of rotatable bonds is 5. The molecule has 0 aliphatic heterocycles. The standard InChI is InChI=1S/C17H18F3N7/c1-9-12(7-27(26-9)13-5-16(13,2)8-21)24-15-22-6-11(17(18,19)20)14(25-15)23-10-3-4-10/h6-7,10,13H,3-5H2,1-2H3,(H2,22,23,24,25)/t13-,16-/m1/s1. The van der Waals surface area contributed by atoms with E-state index < -0.39 is 17.2 Å². The average Bonchev–Trinajstić information content (AvgIpc) is 3.49. The highest BCUT2D eigenvalue weighted by molar-refractivity contribution is 5.58. The van der Waals surface area contributed by atoms with Crippen molar-refractivity contribution >= 4 is 17.5 Å². The first kappa shape index (κ1) is 17.6. The molecule has 4 rings (SSSR count). The van der Waals surface area contributed by atoms with Crippen LogP contribution in [-0.2, 0) is 6.18 Å². The van der Waals surface area contributed by atoms with Gasteiger partial charge >= 0.3 is 6.18 Å². The molecule has 0 radical (unpaired) electrons. The van der Waals surface area contributed by atoms with Crippen LogP contribution in [-0.4, -0.2) is 25.8 Å². The summed E-state index contributed by atoms with van der Waals surface area (Å²) < 4.78 is 41.2. The summed E-state index contributed by atoms with van der Waals surface area (Å²) in [6, 6.07) is 2.30. The van der Waals surface area contributed by atoms with Crippen molar-refractivity contribution in [3.63, 3.8) is 0 Å². The van der Waals surface area contributed by atoms with Crippen LogP contribution in [0.1, 0.15) is 43.5 Å². The van der Waals surface area contributed by atoms with Crippen LogP contribution in [0.4, 0.5) is 30.6 Å². The van der Waals surface area contributed by atoms with Crippen LogP contribution in [0.3, 0.4) is 0 Å². The second-order valence-corrected chi connectivity index (χ2v) is 7.35. The quantitative estimate of drug-likeness (QED) is 0.824. The van der Waals surface area contributed by atoms with Gasteiger partial charge in [-0.3, -0.25) is 4.68 Å². The van der Waals surface area contributed by atoms with Crippen LogP contribution in [0.5, 0.6) is 0 Å². The van der Waals surface area contributed by atoms with Gasteiger partial charge in [0.25, 0.3) is 0 Å². The van der Waals surface area contributed by atoms with Gasteiger partial charge in [0.05, 0.1) is 28.9 Å². The van der Waals surface area contributed by atoms with Gasteiger partial charge < -0.3 is 10.6 Å². The lowest BCUT2D eigenvalue weighted by atomic mass is 10.2. The normalized spacial score (nSPS) is 24.4. The fourth-order valence-electron chi connectivity index (χ4n) is 2.91. The zero-order valence-electron chi connectivity index (χ0n) is 14.8. The predicted molar refractivity (Wildman–Crippen MR) is 91.3 cm³/mol. The summed E-state index contributed by atoms with van der Waals surface area (Å²) in [4.78, 5) is 7.84. The second-order valence-electron chi connectivity index (χ2n) is 7.35. The van der Waals surface area contributed by atoms with Crippen molar-refractivity contribution < 1.29 is 13.2 Å². The van der Waals surface area contributed by atoms with Crippen molar-refractivity contribution in [1.29, 1.82) is 5.26 Å². The second kappa shape index (κ2) is 5.84. The summed E-state index contributed by atoms with van der Waals surface area (Å²) in [5.41, 5.74) is -0.0566. The van der Waals surface area contributed by atoms with E-state index >= 15 is 0 Å². The zero-order chi connectivity index (χ0) is 19.4. The van der Waals surface area contributed by atoms with Gasteiger partial charge in [-0.05, 0) is 33.1 Å². The molecule has 142 valence electrons. The number of alkyl halides is 3. The molecule has 2 aromatic heterocycles. The van der Waals surface area contributed by atoms with E-state index in [1.165, 1.54) is 0 Å². The lowest BCUT2D eigenvalue weighted by Crippen LogP contribution is -2.15. The Morgan fingerprint density at radius 3 is 2.70 bits per heavy atom. The van der Waals surface area contributed by atoms with Crippen LogP contribution in [0.15, 0.2) is 12.4 Å². The molecule has 0 unspecified atom stereocenters. The van der Waals surface area contributed by atoms with E-state index in [2.05, 4.69) is 31.8 Å². The van der Waals surface area contributed by atoms with E-state index in [-0.39, 0.29) is 23.8 Å². The molecule has 2 aliphatic carbocycles. The molecule has 2 fully saturated rings. The van der Waals surface area contributed by atoms with Gasteiger partial charge in [0.1, 0.15) is 11.4 Å². The number of hydrogen-bond donors (Lipinski definition) is 2. The van der Waals surface area contributed by atoms with Crippen molar-refractivity contribution in [2.45, 2.75) is 51.4 Å². The summed E-state index contributed by atoms with van der Waals surface area (Å²) in [5, 5.41) is 19.3. The number of halogens is 3. The van der Waals surface area contributed by atoms with Crippen LogP contribution < -0.4 is 10.6 Å². The zero-order valence-corrected chi connectivity index (χ0v) is 14.8. The summed E-state index contributed by atoms with van der Waals surface area (Å²) >= 11 is 0. The third-order valence-electron chi connectivity index (χ3n) is 4.94. The molecule has 0 amide bonds. The summed E-state index contributed by atoms with van der Waals surface area (Å²) in [7, 11) is 0. The van der Waals surface area contributed by atoms with Gasteiger partial charge in [-0.25, -0.2) is 4.98 Å².